The highest BCUT2D eigenvalue weighted by Gasteiger charge is 2.12. The van der Waals surface area contributed by atoms with Gasteiger partial charge in [-0.15, -0.1) is 11.3 Å². The normalized spacial score (nSPS) is 11.4. The van der Waals surface area contributed by atoms with Crippen LogP contribution in [0.3, 0.4) is 0 Å². The molecule has 0 amide bonds. The number of hydrogen-bond donors (Lipinski definition) is 1. The third kappa shape index (κ3) is 3.99. The molecule has 1 heterocycles. The van der Waals surface area contributed by atoms with E-state index >= 15 is 0 Å². The molecule has 19 heavy (non-hydrogen) atoms. The molecule has 6 heteroatoms. The zero-order chi connectivity index (χ0) is 13.9. The van der Waals surface area contributed by atoms with Crippen LogP contribution in [0.4, 0.5) is 0 Å². The van der Waals surface area contributed by atoms with Crippen LogP contribution in [0.1, 0.15) is 20.1 Å². The largest absolute Gasteiger partial charge is 0.288 e. The van der Waals surface area contributed by atoms with Crippen LogP contribution in [0.5, 0.6) is 0 Å². The summed E-state index contributed by atoms with van der Waals surface area (Å²) in [5, 5.41) is 0. The lowest BCUT2D eigenvalue weighted by Crippen LogP contribution is -2.20. The summed E-state index contributed by atoms with van der Waals surface area (Å²) < 4.78 is 24.4. The van der Waals surface area contributed by atoms with E-state index in [-0.39, 0.29) is 12.3 Å². The minimum absolute atomic E-state index is 0.0452. The number of carbonyl (C=O) groups excluding carboxylic acids is 1. The molecule has 0 fully saturated rings. The molecule has 2 rings (SSSR count). The monoisotopic (exact) mass is 295 g/mol. The summed E-state index contributed by atoms with van der Waals surface area (Å²) in [6, 6.07) is 12.5. The molecule has 0 saturated carbocycles. The number of nitrogens with one attached hydrogen (secondary N) is 1. The van der Waals surface area contributed by atoms with E-state index in [2.05, 4.69) is 4.72 Å². The summed E-state index contributed by atoms with van der Waals surface area (Å²) in [6.07, 6.45) is 1.11. The summed E-state index contributed by atoms with van der Waals surface area (Å²) >= 11 is 1.30. The second-order valence-corrected chi connectivity index (χ2v) is 7.06. The summed E-state index contributed by atoms with van der Waals surface area (Å²) in [5.74, 6) is -0.0452. The second-order valence-electron chi connectivity index (χ2n) is 4.05. The average Bonchev–Trinajstić information content (AvgIpc) is 2.84. The lowest BCUT2D eigenvalue weighted by molar-refractivity contribution is 0.104. The summed E-state index contributed by atoms with van der Waals surface area (Å²) in [4.78, 5) is 13.6. The highest BCUT2D eigenvalue weighted by Crippen LogP contribution is 2.20. The van der Waals surface area contributed by atoms with E-state index in [1.807, 2.05) is 18.2 Å². The number of ketones is 1. The van der Waals surface area contributed by atoms with Gasteiger partial charge in [-0.1, -0.05) is 30.3 Å². The Hall–Kier alpha value is -1.50. The van der Waals surface area contributed by atoms with E-state index < -0.39 is 10.0 Å². The first-order valence-electron chi connectivity index (χ1n) is 5.59. The van der Waals surface area contributed by atoms with Gasteiger partial charge in [0.25, 0.3) is 0 Å². The molecule has 0 radical (unpaired) electrons. The zero-order valence-electron chi connectivity index (χ0n) is 10.3. The molecule has 0 aliphatic carbocycles. The van der Waals surface area contributed by atoms with Crippen molar-refractivity contribution in [2.45, 2.75) is 6.54 Å². The summed E-state index contributed by atoms with van der Waals surface area (Å²) in [7, 11) is -3.21. The molecule has 0 unspecified atom stereocenters. The highest BCUT2D eigenvalue weighted by atomic mass is 32.2. The number of hydrogen-bond acceptors (Lipinski definition) is 4. The molecule has 0 bridgehead atoms. The van der Waals surface area contributed by atoms with E-state index in [1.165, 1.54) is 11.3 Å². The van der Waals surface area contributed by atoms with Crippen LogP contribution < -0.4 is 4.72 Å². The smallest absolute Gasteiger partial charge is 0.209 e. The molecule has 2 aromatic rings. The number of benzene rings is 1. The van der Waals surface area contributed by atoms with Crippen molar-refractivity contribution in [3.05, 3.63) is 57.8 Å². The Bertz CT molecular complexity index is 675. The minimum Gasteiger partial charge on any atom is -0.288 e. The minimum atomic E-state index is -3.21. The summed E-state index contributed by atoms with van der Waals surface area (Å²) in [6.45, 7) is 0.214. The maximum Gasteiger partial charge on any atom is 0.209 e. The molecular weight excluding hydrogens is 282 g/mol. The molecule has 100 valence electrons. The Kier molecular flexibility index (Phi) is 4.14. The molecule has 0 aliphatic rings. The van der Waals surface area contributed by atoms with Crippen LogP contribution in [0.15, 0.2) is 42.5 Å². The van der Waals surface area contributed by atoms with Crippen LogP contribution >= 0.6 is 11.3 Å². The van der Waals surface area contributed by atoms with E-state index in [4.69, 9.17) is 0 Å². The molecule has 4 nitrogen and oxygen atoms in total. The van der Waals surface area contributed by atoms with Gasteiger partial charge in [0, 0.05) is 17.0 Å². The van der Waals surface area contributed by atoms with Crippen LogP contribution in [0, 0.1) is 0 Å². The molecule has 1 N–H and O–H groups in total. The van der Waals surface area contributed by atoms with Crippen molar-refractivity contribution >= 4 is 27.1 Å². The molecule has 0 atom stereocenters. The number of rotatable bonds is 5. The summed E-state index contributed by atoms with van der Waals surface area (Å²) in [5.41, 5.74) is 0.631. The van der Waals surface area contributed by atoms with Crippen molar-refractivity contribution in [3.8, 4) is 0 Å². The first-order chi connectivity index (χ1) is 8.96. The maximum atomic E-state index is 12.1. The van der Waals surface area contributed by atoms with Crippen molar-refractivity contribution in [2.24, 2.45) is 0 Å². The van der Waals surface area contributed by atoms with Crippen molar-refractivity contribution < 1.29 is 13.2 Å². The van der Waals surface area contributed by atoms with Gasteiger partial charge in [-0.3, -0.25) is 4.79 Å². The third-order valence-electron chi connectivity index (χ3n) is 2.43. The third-order valence-corrected chi connectivity index (χ3v) is 4.18. The van der Waals surface area contributed by atoms with Gasteiger partial charge in [-0.25, -0.2) is 13.1 Å². The molecule has 1 aromatic carbocycles. The van der Waals surface area contributed by atoms with E-state index in [1.54, 1.807) is 24.3 Å². The van der Waals surface area contributed by atoms with Gasteiger partial charge in [0.1, 0.15) is 0 Å². The molecular formula is C13H13NO3S2. The predicted octanol–water partition coefficient (Wildman–Crippen LogP) is 2.03. The van der Waals surface area contributed by atoms with Gasteiger partial charge in [0.2, 0.25) is 15.8 Å². The zero-order valence-corrected chi connectivity index (χ0v) is 11.9. The van der Waals surface area contributed by atoms with Crippen LogP contribution in [-0.2, 0) is 16.6 Å². The second kappa shape index (κ2) is 5.64. The average molecular weight is 295 g/mol. The fraction of sp³-hybridized carbons (Fsp3) is 0.154. The van der Waals surface area contributed by atoms with Gasteiger partial charge in [-0.2, -0.15) is 0 Å². The Balaban J connectivity index is 2.11. The lowest BCUT2D eigenvalue weighted by Gasteiger charge is -1.99. The van der Waals surface area contributed by atoms with Gasteiger partial charge in [0.15, 0.2) is 0 Å². The molecule has 0 aliphatic heterocycles. The van der Waals surface area contributed by atoms with Gasteiger partial charge >= 0.3 is 0 Å². The standard InChI is InChI=1S/C13H13NO3S2/c1-19(16,17)14-9-11-7-8-12(18-11)13(15)10-5-3-2-4-6-10/h2-8,14H,9H2,1H3. The number of sulfonamides is 1. The van der Waals surface area contributed by atoms with E-state index in [0.717, 1.165) is 11.1 Å². The first kappa shape index (κ1) is 13.9. The Morgan fingerprint density at radius 3 is 2.47 bits per heavy atom. The molecule has 0 spiro atoms. The molecule has 1 aromatic heterocycles. The van der Waals surface area contributed by atoms with Crippen molar-refractivity contribution in [2.75, 3.05) is 6.26 Å². The van der Waals surface area contributed by atoms with Gasteiger partial charge < -0.3 is 0 Å². The lowest BCUT2D eigenvalue weighted by atomic mass is 10.1. The van der Waals surface area contributed by atoms with Gasteiger partial charge in [-0.05, 0) is 12.1 Å². The maximum absolute atomic E-state index is 12.1. The van der Waals surface area contributed by atoms with Crippen molar-refractivity contribution in [3.63, 3.8) is 0 Å². The van der Waals surface area contributed by atoms with Crippen LogP contribution in [0.2, 0.25) is 0 Å². The number of carbonyl (C=O) groups is 1. The van der Waals surface area contributed by atoms with Crippen LogP contribution in [-0.4, -0.2) is 20.5 Å². The Morgan fingerprint density at radius 1 is 1.16 bits per heavy atom. The van der Waals surface area contributed by atoms with E-state index in [0.29, 0.717) is 10.4 Å². The Labute approximate surface area is 116 Å². The fourth-order valence-corrected chi connectivity index (χ4v) is 2.95. The SMILES string of the molecule is CS(=O)(=O)NCc1ccc(C(=O)c2ccccc2)s1. The molecule has 0 saturated heterocycles. The topological polar surface area (TPSA) is 63.2 Å². The predicted molar refractivity (Wildman–Crippen MR) is 75.9 cm³/mol. The van der Waals surface area contributed by atoms with Crippen molar-refractivity contribution in [1.82, 2.24) is 4.72 Å². The van der Waals surface area contributed by atoms with Crippen LogP contribution in [0.25, 0.3) is 0 Å². The Morgan fingerprint density at radius 2 is 1.84 bits per heavy atom. The first-order valence-corrected chi connectivity index (χ1v) is 8.29. The van der Waals surface area contributed by atoms with Gasteiger partial charge in [0.05, 0.1) is 11.1 Å². The fourth-order valence-electron chi connectivity index (χ4n) is 1.53. The van der Waals surface area contributed by atoms with Crippen molar-refractivity contribution in [1.29, 1.82) is 0 Å². The van der Waals surface area contributed by atoms with E-state index in [9.17, 15) is 13.2 Å². The highest BCUT2D eigenvalue weighted by molar-refractivity contribution is 7.88. The number of thiophene rings is 1. The quantitative estimate of drug-likeness (QED) is 0.858.